The van der Waals surface area contributed by atoms with Crippen LogP contribution >= 0.6 is 0 Å². The van der Waals surface area contributed by atoms with Crippen molar-refractivity contribution in [1.29, 1.82) is 0 Å². The van der Waals surface area contributed by atoms with Gasteiger partial charge < -0.3 is 19.7 Å². The van der Waals surface area contributed by atoms with Crippen LogP contribution in [0.2, 0.25) is 0 Å². The summed E-state index contributed by atoms with van der Waals surface area (Å²) in [7, 11) is 1.97. The Balaban J connectivity index is 1.74. The second-order valence-corrected chi connectivity index (χ2v) is 7.56. The molecule has 6 nitrogen and oxygen atoms in total. The highest BCUT2D eigenvalue weighted by Crippen LogP contribution is 2.13. The second kappa shape index (κ2) is 11.0. The standard InChI is InChI=1S/C25H30N4O2/c1-3-16-28(25(31)26-22-13-8-5-9-14-22)20-24(30)29(18-21-11-6-4-7-12-21)19-23-15-10-17-27(23)2/h4-15,17H,3,16,18-20H2,1-2H3,(H,26,31). The highest BCUT2D eigenvalue weighted by molar-refractivity contribution is 5.92. The molecule has 0 saturated carbocycles. The number of aryl methyl sites for hydroxylation is 1. The first kappa shape index (κ1) is 22.2. The highest BCUT2D eigenvalue weighted by atomic mass is 16.2. The number of nitrogens with zero attached hydrogens (tertiary/aromatic N) is 3. The predicted molar refractivity (Wildman–Crippen MR) is 123 cm³/mol. The molecule has 0 spiro atoms. The Kier molecular flexibility index (Phi) is 7.87. The number of urea groups is 1. The SMILES string of the molecule is CCCN(CC(=O)N(Cc1ccccc1)Cc1cccn1C)C(=O)Nc1ccccc1. The average Bonchev–Trinajstić information content (AvgIpc) is 3.18. The molecule has 1 heterocycles. The molecule has 1 N–H and O–H groups in total. The van der Waals surface area contributed by atoms with E-state index in [1.807, 2.05) is 102 Å². The van der Waals surface area contributed by atoms with E-state index < -0.39 is 0 Å². The lowest BCUT2D eigenvalue weighted by Crippen LogP contribution is -2.44. The summed E-state index contributed by atoms with van der Waals surface area (Å²) in [6, 6.07) is 22.9. The average molecular weight is 419 g/mol. The molecule has 162 valence electrons. The maximum Gasteiger partial charge on any atom is 0.322 e. The van der Waals surface area contributed by atoms with Crippen molar-refractivity contribution >= 4 is 17.6 Å². The van der Waals surface area contributed by atoms with Crippen LogP contribution in [-0.4, -0.2) is 39.4 Å². The Morgan fingerprint density at radius 2 is 1.55 bits per heavy atom. The van der Waals surface area contributed by atoms with E-state index in [0.717, 1.165) is 17.7 Å². The van der Waals surface area contributed by atoms with Crippen LogP contribution in [0, 0.1) is 0 Å². The molecule has 0 radical (unpaired) electrons. The maximum absolute atomic E-state index is 13.3. The van der Waals surface area contributed by atoms with Gasteiger partial charge in [-0.3, -0.25) is 4.79 Å². The fourth-order valence-electron chi connectivity index (χ4n) is 3.40. The molecule has 0 atom stereocenters. The molecule has 0 saturated heterocycles. The van der Waals surface area contributed by atoms with Crippen LogP contribution in [0.5, 0.6) is 0 Å². The Bertz CT molecular complexity index is 969. The van der Waals surface area contributed by atoms with Crippen LogP contribution in [0.15, 0.2) is 79.0 Å². The normalized spacial score (nSPS) is 10.5. The van der Waals surface area contributed by atoms with E-state index in [1.165, 1.54) is 0 Å². The number of carbonyl (C=O) groups excluding carboxylic acids is 2. The van der Waals surface area contributed by atoms with Gasteiger partial charge in [-0.1, -0.05) is 55.5 Å². The molecular formula is C25H30N4O2. The first-order chi connectivity index (χ1) is 15.1. The lowest BCUT2D eigenvalue weighted by Gasteiger charge is -2.28. The van der Waals surface area contributed by atoms with Crippen LogP contribution in [0.25, 0.3) is 0 Å². The van der Waals surface area contributed by atoms with Crippen molar-refractivity contribution in [2.45, 2.75) is 26.4 Å². The lowest BCUT2D eigenvalue weighted by atomic mass is 10.2. The zero-order chi connectivity index (χ0) is 22.1. The first-order valence-electron chi connectivity index (χ1n) is 10.6. The molecule has 0 aliphatic rings. The van der Waals surface area contributed by atoms with Crippen molar-refractivity contribution in [3.05, 3.63) is 90.3 Å². The van der Waals surface area contributed by atoms with Gasteiger partial charge in [0.1, 0.15) is 6.54 Å². The van der Waals surface area contributed by atoms with Crippen molar-refractivity contribution < 1.29 is 9.59 Å². The molecule has 0 aliphatic carbocycles. The molecule has 0 bridgehead atoms. The fourth-order valence-corrected chi connectivity index (χ4v) is 3.40. The van der Waals surface area contributed by atoms with Crippen molar-refractivity contribution in [1.82, 2.24) is 14.4 Å². The van der Waals surface area contributed by atoms with Gasteiger partial charge in [0.15, 0.2) is 0 Å². The van der Waals surface area contributed by atoms with E-state index in [-0.39, 0.29) is 18.5 Å². The Labute approximate surface area is 184 Å². The van der Waals surface area contributed by atoms with Gasteiger partial charge in [0.25, 0.3) is 0 Å². The van der Waals surface area contributed by atoms with E-state index >= 15 is 0 Å². The number of para-hydroxylation sites is 1. The molecule has 31 heavy (non-hydrogen) atoms. The minimum absolute atomic E-state index is 0.0315. The number of amides is 3. The first-order valence-corrected chi connectivity index (χ1v) is 10.6. The molecule has 6 heteroatoms. The molecule has 3 amide bonds. The lowest BCUT2D eigenvalue weighted by molar-refractivity contribution is -0.133. The number of hydrogen-bond acceptors (Lipinski definition) is 2. The zero-order valence-corrected chi connectivity index (χ0v) is 18.2. The maximum atomic E-state index is 13.3. The fraction of sp³-hybridized carbons (Fsp3) is 0.280. The monoisotopic (exact) mass is 418 g/mol. The number of hydrogen-bond donors (Lipinski definition) is 1. The van der Waals surface area contributed by atoms with Gasteiger partial charge in [0, 0.05) is 37.7 Å². The van der Waals surface area contributed by atoms with Crippen molar-refractivity contribution in [2.24, 2.45) is 7.05 Å². The van der Waals surface area contributed by atoms with Gasteiger partial charge in [0.2, 0.25) is 5.91 Å². The molecule has 3 rings (SSSR count). The molecule has 0 fully saturated rings. The highest BCUT2D eigenvalue weighted by Gasteiger charge is 2.22. The minimum atomic E-state index is -0.264. The third-order valence-electron chi connectivity index (χ3n) is 5.11. The number of carbonyl (C=O) groups is 2. The summed E-state index contributed by atoms with van der Waals surface area (Å²) in [5.41, 5.74) is 2.81. The van der Waals surface area contributed by atoms with E-state index in [9.17, 15) is 9.59 Å². The summed E-state index contributed by atoms with van der Waals surface area (Å²) >= 11 is 0. The molecular weight excluding hydrogens is 388 g/mol. The Morgan fingerprint density at radius 3 is 2.16 bits per heavy atom. The topological polar surface area (TPSA) is 57.6 Å². The number of benzene rings is 2. The van der Waals surface area contributed by atoms with Gasteiger partial charge in [0.05, 0.1) is 6.54 Å². The van der Waals surface area contributed by atoms with Gasteiger partial charge in [-0.2, -0.15) is 0 Å². The number of rotatable bonds is 9. The van der Waals surface area contributed by atoms with E-state index in [2.05, 4.69) is 5.32 Å². The van der Waals surface area contributed by atoms with E-state index in [0.29, 0.717) is 25.3 Å². The summed E-state index contributed by atoms with van der Waals surface area (Å²) in [4.78, 5) is 29.5. The van der Waals surface area contributed by atoms with Crippen LogP contribution < -0.4 is 5.32 Å². The van der Waals surface area contributed by atoms with Gasteiger partial charge in [-0.25, -0.2) is 4.79 Å². The Morgan fingerprint density at radius 1 is 0.871 bits per heavy atom. The van der Waals surface area contributed by atoms with Gasteiger partial charge in [-0.15, -0.1) is 0 Å². The van der Waals surface area contributed by atoms with Crippen LogP contribution in [-0.2, 0) is 24.9 Å². The van der Waals surface area contributed by atoms with Crippen molar-refractivity contribution in [2.75, 3.05) is 18.4 Å². The van der Waals surface area contributed by atoms with Gasteiger partial charge in [-0.05, 0) is 36.2 Å². The van der Waals surface area contributed by atoms with E-state index in [4.69, 9.17) is 0 Å². The second-order valence-electron chi connectivity index (χ2n) is 7.56. The van der Waals surface area contributed by atoms with Crippen molar-refractivity contribution in [3.8, 4) is 0 Å². The van der Waals surface area contributed by atoms with E-state index in [1.54, 1.807) is 4.90 Å². The van der Waals surface area contributed by atoms with Crippen molar-refractivity contribution in [3.63, 3.8) is 0 Å². The summed E-state index contributed by atoms with van der Waals surface area (Å²) in [6.45, 7) is 3.51. The summed E-state index contributed by atoms with van der Waals surface area (Å²) in [5, 5.41) is 2.89. The van der Waals surface area contributed by atoms with Crippen LogP contribution in [0.4, 0.5) is 10.5 Å². The third kappa shape index (κ3) is 6.47. The summed E-state index contributed by atoms with van der Waals surface area (Å²) in [5.74, 6) is -0.0817. The number of aromatic nitrogens is 1. The quantitative estimate of drug-likeness (QED) is 0.556. The summed E-state index contributed by atoms with van der Waals surface area (Å²) < 4.78 is 2.01. The Hall–Kier alpha value is -3.54. The van der Waals surface area contributed by atoms with Crippen LogP contribution in [0.1, 0.15) is 24.6 Å². The van der Waals surface area contributed by atoms with Crippen LogP contribution in [0.3, 0.4) is 0 Å². The van der Waals surface area contributed by atoms with Gasteiger partial charge >= 0.3 is 6.03 Å². The third-order valence-corrected chi connectivity index (χ3v) is 5.11. The smallest absolute Gasteiger partial charge is 0.322 e. The largest absolute Gasteiger partial charge is 0.353 e. The molecule has 0 aliphatic heterocycles. The number of nitrogens with one attached hydrogen (secondary N) is 1. The minimum Gasteiger partial charge on any atom is -0.353 e. The molecule has 2 aromatic carbocycles. The zero-order valence-electron chi connectivity index (χ0n) is 18.2. The molecule has 0 unspecified atom stereocenters. The predicted octanol–water partition coefficient (Wildman–Crippen LogP) is 4.50. The molecule has 3 aromatic rings. The number of anilines is 1. The molecule has 1 aromatic heterocycles. The summed E-state index contributed by atoms with van der Waals surface area (Å²) in [6.07, 6.45) is 2.74.